The molecule has 26 heavy (non-hydrogen) atoms. The van der Waals surface area contributed by atoms with Gasteiger partial charge in [-0.25, -0.2) is 0 Å². The first-order valence-electron chi connectivity index (χ1n) is 10.3. The summed E-state index contributed by atoms with van der Waals surface area (Å²) in [5, 5.41) is 0. The lowest BCUT2D eigenvalue weighted by atomic mass is 9.92. The first-order chi connectivity index (χ1) is 12.7. The summed E-state index contributed by atoms with van der Waals surface area (Å²) in [6, 6.07) is 8.60. The maximum Gasteiger partial charge on any atom is 0.223 e. The number of piperidine rings is 1. The van der Waals surface area contributed by atoms with E-state index >= 15 is 0 Å². The summed E-state index contributed by atoms with van der Waals surface area (Å²) in [5.41, 5.74) is 2.83. The van der Waals surface area contributed by atoms with Gasteiger partial charge in [0.2, 0.25) is 11.8 Å². The van der Waals surface area contributed by atoms with E-state index in [-0.39, 0.29) is 0 Å². The molecule has 2 heterocycles. The van der Waals surface area contributed by atoms with Gasteiger partial charge in [0.15, 0.2) is 0 Å². The molecule has 0 radical (unpaired) electrons. The standard InChI is InChI=1S/C22H30N2O2/c25-21-6-3-12-23(21)13-9-17-10-14-24(15-11-17)22(26)16-19-8-7-18-4-1-2-5-20(18)19/h1-2,4-5,17,19H,3,6-16H2/t19-/m0/s1. The van der Waals surface area contributed by atoms with Crippen molar-refractivity contribution >= 4 is 11.8 Å². The fourth-order valence-corrected chi connectivity index (χ4v) is 4.95. The molecule has 2 saturated heterocycles. The van der Waals surface area contributed by atoms with Crippen molar-refractivity contribution in [2.75, 3.05) is 26.2 Å². The Morgan fingerprint density at radius 1 is 1.04 bits per heavy atom. The number of fused-ring (bicyclic) bond motifs is 1. The number of aryl methyl sites for hydroxylation is 1. The van der Waals surface area contributed by atoms with E-state index in [4.69, 9.17) is 0 Å². The summed E-state index contributed by atoms with van der Waals surface area (Å²) in [6.07, 6.45) is 7.95. The third kappa shape index (κ3) is 3.79. The van der Waals surface area contributed by atoms with Crippen LogP contribution in [0.1, 0.15) is 62.0 Å². The third-order valence-corrected chi connectivity index (χ3v) is 6.62. The van der Waals surface area contributed by atoms with Crippen molar-refractivity contribution in [1.82, 2.24) is 9.80 Å². The first-order valence-corrected chi connectivity index (χ1v) is 10.3. The summed E-state index contributed by atoms with van der Waals surface area (Å²) in [5.74, 6) is 1.74. The molecular formula is C22H30N2O2. The second kappa shape index (κ2) is 7.81. The molecule has 0 aromatic heterocycles. The topological polar surface area (TPSA) is 40.6 Å². The van der Waals surface area contributed by atoms with Crippen LogP contribution >= 0.6 is 0 Å². The van der Waals surface area contributed by atoms with Crippen LogP contribution in [0.4, 0.5) is 0 Å². The van der Waals surface area contributed by atoms with Crippen molar-refractivity contribution in [2.45, 2.75) is 57.3 Å². The van der Waals surface area contributed by atoms with E-state index in [0.717, 1.165) is 71.1 Å². The van der Waals surface area contributed by atoms with Crippen LogP contribution < -0.4 is 0 Å². The number of carbonyl (C=O) groups is 2. The number of hydrogen-bond donors (Lipinski definition) is 0. The van der Waals surface area contributed by atoms with E-state index in [1.807, 2.05) is 4.90 Å². The van der Waals surface area contributed by atoms with Crippen LogP contribution in [0.25, 0.3) is 0 Å². The lowest BCUT2D eigenvalue weighted by molar-refractivity contribution is -0.133. The Hall–Kier alpha value is -1.84. The molecule has 4 nitrogen and oxygen atoms in total. The lowest BCUT2D eigenvalue weighted by Gasteiger charge is -2.33. The van der Waals surface area contributed by atoms with Gasteiger partial charge in [-0.15, -0.1) is 0 Å². The number of likely N-dealkylation sites (tertiary alicyclic amines) is 2. The molecule has 2 fully saturated rings. The second-order valence-corrected chi connectivity index (χ2v) is 8.24. The molecule has 1 aromatic rings. The van der Waals surface area contributed by atoms with E-state index in [1.54, 1.807) is 0 Å². The van der Waals surface area contributed by atoms with Crippen LogP contribution in [0.5, 0.6) is 0 Å². The smallest absolute Gasteiger partial charge is 0.223 e. The molecule has 2 amide bonds. The minimum absolute atomic E-state index is 0.328. The van der Waals surface area contributed by atoms with Gasteiger partial charge in [0.25, 0.3) is 0 Å². The number of carbonyl (C=O) groups excluding carboxylic acids is 2. The van der Waals surface area contributed by atoms with Crippen molar-refractivity contribution in [3.63, 3.8) is 0 Å². The predicted molar refractivity (Wildman–Crippen MR) is 102 cm³/mol. The number of rotatable bonds is 5. The van der Waals surface area contributed by atoms with E-state index in [1.165, 1.54) is 11.1 Å². The van der Waals surface area contributed by atoms with Crippen molar-refractivity contribution in [3.05, 3.63) is 35.4 Å². The van der Waals surface area contributed by atoms with Gasteiger partial charge in [0.1, 0.15) is 0 Å². The molecule has 1 atom stereocenters. The summed E-state index contributed by atoms with van der Waals surface area (Å²) < 4.78 is 0. The van der Waals surface area contributed by atoms with Crippen LogP contribution in [-0.2, 0) is 16.0 Å². The van der Waals surface area contributed by atoms with Gasteiger partial charge in [0, 0.05) is 39.0 Å². The van der Waals surface area contributed by atoms with Gasteiger partial charge >= 0.3 is 0 Å². The van der Waals surface area contributed by atoms with Gasteiger partial charge in [-0.3, -0.25) is 9.59 Å². The van der Waals surface area contributed by atoms with Crippen LogP contribution in [-0.4, -0.2) is 47.8 Å². The molecule has 1 aromatic carbocycles. The van der Waals surface area contributed by atoms with Gasteiger partial charge in [-0.05, 0) is 61.5 Å². The summed E-state index contributed by atoms with van der Waals surface area (Å²) >= 11 is 0. The van der Waals surface area contributed by atoms with Crippen molar-refractivity contribution in [1.29, 1.82) is 0 Å². The average molecular weight is 354 g/mol. The molecule has 2 aliphatic heterocycles. The molecule has 0 spiro atoms. The zero-order valence-electron chi connectivity index (χ0n) is 15.7. The minimum atomic E-state index is 0.328. The summed E-state index contributed by atoms with van der Waals surface area (Å²) in [4.78, 5) is 28.6. The van der Waals surface area contributed by atoms with Gasteiger partial charge < -0.3 is 9.80 Å². The molecule has 140 valence electrons. The van der Waals surface area contributed by atoms with Crippen LogP contribution in [0.3, 0.4) is 0 Å². The Morgan fingerprint density at radius 3 is 2.62 bits per heavy atom. The highest BCUT2D eigenvalue weighted by atomic mass is 16.2. The van der Waals surface area contributed by atoms with Crippen molar-refractivity contribution in [3.8, 4) is 0 Å². The molecule has 0 unspecified atom stereocenters. The molecule has 4 heteroatoms. The SMILES string of the molecule is O=C1CCCN1CCC1CCN(C(=O)C[C@@H]2CCc3ccccc32)CC1. The van der Waals surface area contributed by atoms with Gasteiger partial charge in [0.05, 0.1) is 0 Å². The van der Waals surface area contributed by atoms with E-state index in [9.17, 15) is 9.59 Å². The maximum absolute atomic E-state index is 12.8. The Labute approximate surface area is 156 Å². The van der Waals surface area contributed by atoms with E-state index < -0.39 is 0 Å². The number of nitrogens with zero attached hydrogens (tertiary/aromatic N) is 2. The molecule has 0 N–H and O–H groups in total. The monoisotopic (exact) mass is 354 g/mol. The Bertz CT molecular complexity index is 664. The largest absolute Gasteiger partial charge is 0.343 e. The zero-order chi connectivity index (χ0) is 17.9. The number of amides is 2. The Balaban J connectivity index is 1.22. The molecule has 3 aliphatic rings. The zero-order valence-corrected chi connectivity index (χ0v) is 15.7. The third-order valence-electron chi connectivity index (χ3n) is 6.62. The normalized spacial score (nSPS) is 23.5. The minimum Gasteiger partial charge on any atom is -0.343 e. The number of benzene rings is 1. The average Bonchev–Trinajstić information content (AvgIpc) is 3.27. The Kier molecular flexibility index (Phi) is 5.28. The molecule has 4 rings (SSSR count). The molecular weight excluding hydrogens is 324 g/mol. The quantitative estimate of drug-likeness (QED) is 0.813. The van der Waals surface area contributed by atoms with E-state index in [0.29, 0.717) is 30.1 Å². The number of hydrogen-bond acceptors (Lipinski definition) is 2. The van der Waals surface area contributed by atoms with Crippen LogP contribution in [0.2, 0.25) is 0 Å². The molecule has 0 saturated carbocycles. The lowest BCUT2D eigenvalue weighted by Crippen LogP contribution is -2.39. The fourth-order valence-electron chi connectivity index (χ4n) is 4.95. The second-order valence-electron chi connectivity index (χ2n) is 8.24. The van der Waals surface area contributed by atoms with Gasteiger partial charge in [-0.2, -0.15) is 0 Å². The van der Waals surface area contributed by atoms with Crippen LogP contribution in [0.15, 0.2) is 24.3 Å². The summed E-state index contributed by atoms with van der Waals surface area (Å²) in [7, 11) is 0. The van der Waals surface area contributed by atoms with Crippen molar-refractivity contribution in [2.24, 2.45) is 5.92 Å². The maximum atomic E-state index is 12.8. The highest BCUT2D eigenvalue weighted by Gasteiger charge is 2.29. The van der Waals surface area contributed by atoms with Crippen molar-refractivity contribution < 1.29 is 9.59 Å². The first kappa shape index (κ1) is 17.6. The highest BCUT2D eigenvalue weighted by Crippen LogP contribution is 2.36. The molecule has 0 bridgehead atoms. The predicted octanol–water partition coefficient (Wildman–Crippen LogP) is 3.36. The van der Waals surface area contributed by atoms with Gasteiger partial charge in [-0.1, -0.05) is 24.3 Å². The Morgan fingerprint density at radius 2 is 1.85 bits per heavy atom. The summed E-state index contributed by atoms with van der Waals surface area (Å²) in [6.45, 7) is 3.65. The molecule has 1 aliphatic carbocycles. The fraction of sp³-hybridized carbons (Fsp3) is 0.636. The van der Waals surface area contributed by atoms with Crippen LogP contribution in [0, 0.1) is 5.92 Å². The highest BCUT2D eigenvalue weighted by molar-refractivity contribution is 5.78. The van der Waals surface area contributed by atoms with E-state index in [2.05, 4.69) is 29.2 Å².